The van der Waals surface area contributed by atoms with Crippen molar-refractivity contribution in [3.05, 3.63) is 64.8 Å². The van der Waals surface area contributed by atoms with Crippen LogP contribution in [-0.2, 0) is 11.3 Å². The smallest absolute Gasteiger partial charge is 0.340 e. The highest BCUT2D eigenvalue weighted by Gasteiger charge is 2.20. The lowest BCUT2D eigenvalue weighted by atomic mass is 10.0. The zero-order valence-electron chi connectivity index (χ0n) is 16.2. The van der Waals surface area contributed by atoms with Crippen LogP contribution in [0.1, 0.15) is 38.9 Å². The number of ether oxygens (including phenoxy) is 3. The zero-order valence-corrected chi connectivity index (χ0v) is 16.2. The molecule has 1 heterocycles. The molecular formula is C22H21NO5. The van der Waals surface area contributed by atoms with Gasteiger partial charge in [-0.3, -0.25) is 4.79 Å². The third-order valence-corrected chi connectivity index (χ3v) is 4.55. The van der Waals surface area contributed by atoms with Gasteiger partial charge in [-0.2, -0.15) is 0 Å². The van der Waals surface area contributed by atoms with Gasteiger partial charge in [0, 0.05) is 10.9 Å². The minimum absolute atomic E-state index is 0.0475. The number of pyridine rings is 1. The van der Waals surface area contributed by atoms with Crippen LogP contribution in [0, 0.1) is 6.92 Å². The number of hydrogen-bond acceptors (Lipinski definition) is 6. The van der Waals surface area contributed by atoms with E-state index in [1.54, 1.807) is 18.2 Å². The van der Waals surface area contributed by atoms with E-state index in [1.165, 1.54) is 21.1 Å². The Hall–Kier alpha value is -3.41. The van der Waals surface area contributed by atoms with Gasteiger partial charge in [-0.05, 0) is 43.7 Å². The van der Waals surface area contributed by atoms with Crippen molar-refractivity contribution < 1.29 is 23.8 Å². The van der Waals surface area contributed by atoms with Crippen LogP contribution < -0.4 is 9.47 Å². The van der Waals surface area contributed by atoms with Crippen molar-refractivity contribution in [2.75, 3.05) is 14.2 Å². The first-order chi connectivity index (χ1) is 13.5. The molecule has 0 atom stereocenters. The number of aromatic nitrogens is 1. The van der Waals surface area contributed by atoms with Crippen molar-refractivity contribution in [2.24, 2.45) is 0 Å². The number of hydrogen-bond donors (Lipinski definition) is 0. The van der Waals surface area contributed by atoms with Crippen molar-refractivity contribution in [2.45, 2.75) is 20.5 Å². The summed E-state index contributed by atoms with van der Waals surface area (Å²) in [6, 6.07) is 12.5. The molecule has 0 bridgehead atoms. The van der Waals surface area contributed by atoms with Gasteiger partial charge in [0.1, 0.15) is 6.61 Å². The van der Waals surface area contributed by atoms with Gasteiger partial charge >= 0.3 is 5.97 Å². The molecule has 3 aromatic rings. The summed E-state index contributed by atoms with van der Waals surface area (Å²) in [6.07, 6.45) is 0. The predicted octanol–water partition coefficient (Wildman–Crippen LogP) is 4.12. The highest BCUT2D eigenvalue weighted by Crippen LogP contribution is 2.30. The minimum atomic E-state index is -0.465. The fraction of sp³-hybridized carbons (Fsp3) is 0.227. The summed E-state index contributed by atoms with van der Waals surface area (Å²) < 4.78 is 16.2. The lowest BCUT2D eigenvalue weighted by Crippen LogP contribution is -2.13. The second kappa shape index (κ2) is 8.08. The van der Waals surface area contributed by atoms with E-state index in [-0.39, 0.29) is 12.4 Å². The summed E-state index contributed by atoms with van der Waals surface area (Å²) in [6.45, 7) is 3.40. The molecule has 144 valence electrons. The molecule has 6 heteroatoms. The van der Waals surface area contributed by atoms with E-state index in [4.69, 9.17) is 14.2 Å². The Morgan fingerprint density at radius 1 is 1.04 bits per heavy atom. The number of aryl methyl sites for hydroxylation is 1. The molecule has 0 radical (unpaired) electrons. The van der Waals surface area contributed by atoms with E-state index in [2.05, 4.69) is 4.98 Å². The second-order valence-electron chi connectivity index (χ2n) is 6.28. The Kier molecular flexibility index (Phi) is 5.59. The standard InChI is InChI=1S/C22H21NO5/c1-13-16-7-5-6-8-17(16)23-18(21(13)22(25)27-4)12-28-19-10-9-15(14(2)24)11-20(19)26-3/h5-11H,12H2,1-4H3. The van der Waals surface area contributed by atoms with Gasteiger partial charge in [-0.25, -0.2) is 9.78 Å². The fourth-order valence-corrected chi connectivity index (χ4v) is 3.07. The Balaban J connectivity index is 2.00. The van der Waals surface area contributed by atoms with Crippen molar-refractivity contribution in [1.82, 2.24) is 4.98 Å². The van der Waals surface area contributed by atoms with Crippen LogP contribution in [0.15, 0.2) is 42.5 Å². The first-order valence-corrected chi connectivity index (χ1v) is 8.74. The molecule has 0 aliphatic rings. The number of Topliss-reactive ketones (excluding diaryl/α,β-unsaturated/α-hetero) is 1. The maximum absolute atomic E-state index is 12.4. The normalized spacial score (nSPS) is 10.6. The van der Waals surface area contributed by atoms with Gasteiger partial charge < -0.3 is 14.2 Å². The van der Waals surface area contributed by atoms with E-state index in [1.807, 2.05) is 31.2 Å². The largest absolute Gasteiger partial charge is 0.493 e. The van der Waals surface area contributed by atoms with Crippen molar-refractivity contribution in [1.29, 1.82) is 0 Å². The Morgan fingerprint density at radius 3 is 2.46 bits per heavy atom. The Labute approximate surface area is 163 Å². The summed E-state index contributed by atoms with van der Waals surface area (Å²) in [4.78, 5) is 28.5. The number of methoxy groups -OCH3 is 2. The summed E-state index contributed by atoms with van der Waals surface area (Å²) >= 11 is 0. The third kappa shape index (κ3) is 3.67. The topological polar surface area (TPSA) is 74.7 Å². The molecule has 1 aromatic heterocycles. The third-order valence-electron chi connectivity index (χ3n) is 4.55. The van der Waals surface area contributed by atoms with Crippen LogP contribution in [0.5, 0.6) is 11.5 Å². The number of ketones is 1. The average molecular weight is 379 g/mol. The number of fused-ring (bicyclic) bond motifs is 1. The highest BCUT2D eigenvalue weighted by atomic mass is 16.5. The monoisotopic (exact) mass is 379 g/mol. The molecule has 0 saturated carbocycles. The molecule has 0 amide bonds. The Morgan fingerprint density at radius 2 is 1.79 bits per heavy atom. The molecule has 2 aromatic carbocycles. The Bertz CT molecular complexity index is 1060. The maximum atomic E-state index is 12.4. The minimum Gasteiger partial charge on any atom is -0.493 e. The number of carbonyl (C=O) groups is 2. The quantitative estimate of drug-likeness (QED) is 0.474. The number of rotatable bonds is 6. The second-order valence-corrected chi connectivity index (χ2v) is 6.28. The van der Waals surface area contributed by atoms with E-state index in [9.17, 15) is 9.59 Å². The van der Waals surface area contributed by atoms with E-state index in [0.29, 0.717) is 28.3 Å². The van der Waals surface area contributed by atoms with E-state index >= 15 is 0 Å². The van der Waals surface area contributed by atoms with Crippen molar-refractivity contribution in [3.8, 4) is 11.5 Å². The number of esters is 1. The van der Waals surface area contributed by atoms with Crippen LogP contribution in [0.25, 0.3) is 10.9 Å². The molecule has 6 nitrogen and oxygen atoms in total. The summed E-state index contributed by atoms with van der Waals surface area (Å²) in [5, 5.41) is 0.884. The van der Waals surface area contributed by atoms with Crippen molar-refractivity contribution >= 4 is 22.7 Å². The lowest BCUT2D eigenvalue weighted by Gasteiger charge is -2.15. The molecule has 0 aliphatic heterocycles. The fourth-order valence-electron chi connectivity index (χ4n) is 3.07. The SMILES string of the molecule is COC(=O)c1c(COc2ccc(C(C)=O)cc2OC)nc2ccccc2c1C. The number of benzene rings is 2. The van der Waals surface area contributed by atoms with Gasteiger partial charge in [-0.1, -0.05) is 18.2 Å². The van der Waals surface area contributed by atoms with Gasteiger partial charge in [-0.15, -0.1) is 0 Å². The molecule has 0 spiro atoms. The molecule has 0 saturated heterocycles. The van der Waals surface area contributed by atoms with Crippen LogP contribution in [-0.4, -0.2) is 31.0 Å². The first-order valence-electron chi connectivity index (χ1n) is 8.74. The maximum Gasteiger partial charge on any atom is 0.340 e. The van der Waals surface area contributed by atoms with Gasteiger partial charge in [0.25, 0.3) is 0 Å². The number of nitrogens with zero attached hydrogens (tertiary/aromatic N) is 1. The molecule has 0 fully saturated rings. The molecule has 0 unspecified atom stereocenters. The van der Waals surface area contributed by atoms with Crippen LogP contribution in [0.4, 0.5) is 0 Å². The number of para-hydroxylation sites is 1. The van der Waals surface area contributed by atoms with Crippen LogP contribution >= 0.6 is 0 Å². The number of carbonyl (C=O) groups excluding carboxylic acids is 2. The zero-order chi connectivity index (χ0) is 20.3. The first kappa shape index (κ1) is 19.4. The summed E-state index contributed by atoms with van der Waals surface area (Å²) in [7, 11) is 2.84. The molecule has 0 aliphatic carbocycles. The van der Waals surface area contributed by atoms with Crippen LogP contribution in [0.3, 0.4) is 0 Å². The molecular weight excluding hydrogens is 358 g/mol. The molecule has 28 heavy (non-hydrogen) atoms. The summed E-state index contributed by atoms with van der Waals surface area (Å²) in [5.74, 6) is 0.360. The van der Waals surface area contributed by atoms with Gasteiger partial charge in [0.05, 0.1) is 31.0 Å². The lowest BCUT2D eigenvalue weighted by molar-refractivity contribution is 0.0596. The van der Waals surface area contributed by atoms with Crippen LogP contribution in [0.2, 0.25) is 0 Å². The average Bonchev–Trinajstić information content (AvgIpc) is 2.71. The van der Waals surface area contributed by atoms with E-state index < -0.39 is 5.97 Å². The van der Waals surface area contributed by atoms with E-state index in [0.717, 1.165) is 16.5 Å². The highest BCUT2D eigenvalue weighted by molar-refractivity contribution is 5.98. The van der Waals surface area contributed by atoms with Gasteiger partial charge in [0.15, 0.2) is 17.3 Å². The van der Waals surface area contributed by atoms with Gasteiger partial charge in [0.2, 0.25) is 0 Å². The predicted molar refractivity (Wildman–Crippen MR) is 105 cm³/mol. The molecule has 0 N–H and O–H groups in total. The van der Waals surface area contributed by atoms with Crippen molar-refractivity contribution in [3.63, 3.8) is 0 Å². The summed E-state index contributed by atoms with van der Waals surface area (Å²) in [5.41, 5.74) is 2.94. The molecule has 3 rings (SSSR count).